The van der Waals surface area contributed by atoms with Crippen LogP contribution >= 0.6 is 11.3 Å². The summed E-state index contributed by atoms with van der Waals surface area (Å²) in [5.41, 5.74) is 1.01. The normalized spacial score (nSPS) is 11.4. The number of carboxylic acid groups (broad SMARTS) is 1. The zero-order chi connectivity index (χ0) is 16.3. The van der Waals surface area contributed by atoms with Crippen LogP contribution < -0.4 is 5.32 Å². The van der Waals surface area contributed by atoms with Crippen molar-refractivity contribution in [2.75, 3.05) is 6.54 Å². The van der Waals surface area contributed by atoms with Crippen LogP contribution in [0, 0.1) is 0 Å². The van der Waals surface area contributed by atoms with E-state index in [0.29, 0.717) is 13.0 Å². The zero-order valence-electron chi connectivity index (χ0n) is 12.7. The van der Waals surface area contributed by atoms with E-state index < -0.39 is 11.9 Å². The highest BCUT2D eigenvalue weighted by atomic mass is 32.1. The van der Waals surface area contributed by atoms with Gasteiger partial charge in [0.2, 0.25) is 0 Å². The first kappa shape index (κ1) is 16.2. The Bertz CT molecular complexity index is 682. The standard InChI is InChI=1S/C15H18N2O4S/c1-15(2,3)11-8-22-12(17-11)4-5-16-13(18)10-6-9(7-21-10)14(19)20/h6-8H,4-5H2,1-3H3,(H,16,18)(H,19,20). The molecule has 6 nitrogen and oxygen atoms in total. The zero-order valence-corrected chi connectivity index (χ0v) is 13.5. The third-order valence-electron chi connectivity index (χ3n) is 3.01. The largest absolute Gasteiger partial charge is 0.478 e. The number of rotatable bonds is 5. The first-order valence-electron chi connectivity index (χ1n) is 6.82. The number of hydrogen-bond acceptors (Lipinski definition) is 5. The number of aromatic nitrogens is 1. The van der Waals surface area contributed by atoms with Gasteiger partial charge in [-0.25, -0.2) is 9.78 Å². The second-order valence-electron chi connectivity index (χ2n) is 5.89. The summed E-state index contributed by atoms with van der Waals surface area (Å²) in [5.74, 6) is -1.56. The monoisotopic (exact) mass is 322 g/mol. The van der Waals surface area contributed by atoms with Gasteiger partial charge in [0.25, 0.3) is 5.91 Å². The lowest BCUT2D eigenvalue weighted by Gasteiger charge is -2.14. The van der Waals surface area contributed by atoms with E-state index in [0.717, 1.165) is 17.0 Å². The molecule has 0 unspecified atom stereocenters. The van der Waals surface area contributed by atoms with E-state index in [-0.39, 0.29) is 16.7 Å². The van der Waals surface area contributed by atoms with E-state index in [2.05, 4.69) is 31.1 Å². The first-order valence-corrected chi connectivity index (χ1v) is 7.70. The van der Waals surface area contributed by atoms with Gasteiger partial charge in [0.15, 0.2) is 5.76 Å². The molecule has 7 heteroatoms. The lowest BCUT2D eigenvalue weighted by molar-refractivity contribution is 0.0696. The van der Waals surface area contributed by atoms with Gasteiger partial charge in [-0.2, -0.15) is 0 Å². The van der Waals surface area contributed by atoms with E-state index in [9.17, 15) is 9.59 Å². The van der Waals surface area contributed by atoms with Crippen molar-refractivity contribution >= 4 is 23.2 Å². The molecule has 2 aromatic rings. The second-order valence-corrected chi connectivity index (χ2v) is 6.83. The van der Waals surface area contributed by atoms with E-state index in [1.807, 2.05) is 5.38 Å². The van der Waals surface area contributed by atoms with Gasteiger partial charge in [-0.15, -0.1) is 11.3 Å². The predicted octanol–water partition coefficient (Wildman–Crippen LogP) is 2.70. The Kier molecular flexibility index (Phi) is 4.65. The number of carboxylic acids is 1. The molecule has 22 heavy (non-hydrogen) atoms. The number of nitrogens with one attached hydrogen (secondary N) is 1. The predicted molar refractivity (Wildman–Crippen MR) is 82.5 cm³/mol. The molecule has 0 atom stereocenters. The van der Waals surface area contributed by atoms with Crippen LogP contribution in [0.25, 0.3) is 0 Å². The lowest BCUT2D eigenvalue weighted by atomic mass is 9.93. The Hall–Kier alpha value is -2.15. The molecule has 2 N–H and O–H groups in total. The van der Waals surface area contributed by atoms with Crippen LogP contribution in [0.5, 0.6) is 0 Å². The number of carbonyl (C=O) groups is 2. The molecule has 0 bridgehead atoms. The number of thiazole rings is 1. The van der Waals surface area contributed by atoms with Gasteiger partial charge < -0.3 is 14.8 Å². The van der Waals surface area contributed by atoms with E-state index in [1.54, 1.807) is 11.3 Å². The van der Waals surface area contributed by atoms with Crippen LogP contribution in [0.15, 0.2) is 22.1 Å². The van der Waals surface area contributed by atoms with E-state index in [4.69, 9.17) is 9.52 Å². The summed E-state index contributed by atoms with van der Waals surface area (Å²) in [6.07, 6.45) is 1.67. The van der Waals surface area contributed by atoms with Gasteiger partial charge in [-0.05, 0) is 0 Å². The molecule has 0 saturated heterocycles. The van der Waals surface area contributed by atoms with Crippen molar-refractivity contribution in [2.45, 2.75) is 32.6 Å². The van der Waals surface area contributed by atoms with Gasteiger partial charge in [-0.3, -0.25) is 4.79 Å². The molecule has 2 rings (SSSR count). The summed E-state index contributed by atoms with van der Waals surface area (Å²) in [6.45, 7) is 6.72. The molecule has 0 aliphatic heterocycles. The van der Waals surface area contributed by atoms with Crippen LogP contribution in [0.1, 0.15) is 52.4 Å². The van der Waals surface area contributed by atoms with Gasteiger partial charge in [0.05, 0.1) is 16.3 Å². The minimum absolute atomic E-state index is 0.00748. The summed E-state index contributed by atoms with van der Waals surface area (Å²) in [4.78, 5) is 27.1. The average Bonchev–Trinajstić information content (AvgIpc) is 3.07. The second kappa shape index (κ2) is 6.31. The molecular formula is C15H18N2O4S. The van der Waals surface area contributed by atoms with Crippen molar-refractivity contribution in [3.8, 4) is 0 Å². The van der Waals surface area contributed by atoms with Crippen molar-refractivity contribution in [2.24, 2.45) is 0 Å². The SMILES string of the molecule is CC(C)(C)c1csc(CCNC(=O)c2cc(C(=O)O)co2)n1. The fourth-order valence-electron chi connectivity index (χ4n) is 1.71. The van der Waals surface area contributed by atoms with Crippen molar-refractivity contribution in [3.05, 3.63) is 39.7 Å². The smallest absolute Gasteiger partial charge is 0.338 e. The Morgan fingerprint density at radius 3 is 2.68 bits per heavy atom. The molecule has 0 radical (unpaired) electrons. The van der Waals surface area contributed by atoms with Crippen LogP contribution in [-0.2, 0) is 11.8 Å². The van der Waals surface area contributed by atoms with Gasteiger partial charge >= 0.3 is 5.97 Å². The van der Waals surface area contributed by atoms with Crippen molar-refractivity contribution < 1.29 is 19.1 Å². The molecule has 0 aliphatic rings. The topological polar surface area (TPSA) is 92.4 Å². The summed E-state index contributed by atoms with van der Waals surface area (Å²) in [5, 5.41) is 14.4. The maximum atomic E-state index is 11.8. The highest BCUT2D eigenvalue weighted by molar-refractivity contribution is 7.09. The molecule has 0 aromatic carbocycles. The minimum Gasteiger partial charge on any atom is -0.478 e. The minimum atomic E-state index is -1.12. The third kappa shape index (κ3) is 3.94. The number of furan rings is 1. The third-order valence-corrected chi connectivity index (χ3v) is 3.92. The number of carbonyl (C=O) groups excluding carboxylic acids is 1. The molecule has 0 spiro atoms. The fraction of sp³-hybridized carbons (Fsp3) is 0.400. The highest BCUT2D eigenvalue weighted by Gasteiger charge is 2.18. The van der Waals surface area contributed by atoms with Crippen LogP contribution in [-0.4, -0.2) is 28.5 Å². The van der Waals surface area contributed by atoms with Crippen molar-refractivity contribution in [1.29, 1.82) is 0 Å². The summed E-state index contributed by atoms with van der Waals surface area (Å²) in [7, 11) is 0. The van der Waals surface area contributed by atoms with E-state index in [1.165, 1.54) is 6.07 Å². The number of nitrogens with zero attached hydrogens (tertiary/aromatic N) is 1. The summed E-state index contributed by atoms with van der Waals surface area (Å²) < 4.78 is 4.93. The average molecular weight is 322 g/mol. The Morgan fingerprint density at radius 1 is 1.41 bits per heavy atom. The number of amides is 1. The quantitative estimate of drug-likeness (QED) is 0.883. The van der Waals surface area contributed by atoms with E-state index >= 15 is 0 Å². The lowest BCUT2D eigenvalue weighted by Crippen LogP contribution is -2.25. The molecule has 0 aliphatic carbocycles. The molecule has 0 saturated carbocycles. The molecule has 2 heterocycles. The van der Waals surface area contributed by atoms with Gasteiger partial charge in [-0.1, -0.05) is 20.8 Å². The molecule has 1 amide bonds. The summed E-state index contributed by atoms with van der Waals surface area (Å²) >= 11 is 1.57. The van der Waals surface area contributed by atoms with Crippen molar-refractivity contribution in [3.63, 3.8) is 0 Å². The van der Waals surface area contributed by atoms with Gasteiger partial charge in [0.1, 0.15) is 6.26 Å². The van der Waals surface area contributed by atoms with Crippen molar-refractivity contribution in [1.82, 2.24) is 10.3 Å². The Labute approximate surface area is 132 Å². The van der Waals surface area contributed by atoms with Crippen LogP contribution in [0.4, 0.5) is 0 Å². The Balaban J connectivity index is 1.86. The number of hydrogen-bond donors (Lipinski definition) is 2. The highest BCUT2D eigenvalue weighted by Crippen LogP contribution is 2.23. The maximum absolute atomic E-state index is 11.8. The Morgan fingerprint density at radius 2 is 2.14 bits per heavy atom. The molecular weight excluding hydrogens is 304 g/mol. The maximum Gasteiger partial charge on any atom is 0.338 e. The molecule has 118 valence electrons. The fourth-order valence-corrected chi connectivity index (χ4v) is 2.73. The first-order chi connectivity index (χ1) is 10.3. The summed E-state index contributed by atoms with van der Waals surface area (Å²) in [6, 6.07) is 1.21. The van der Waals surface area contributed by atoms with Crippen LogP contribution in [0.3, 0.4) is 0 Å². The van der Waals surface area contributed by atoms with Gasteiger partial charge in [0, 0.05) is 29.8 Å². The molecule has 0 fully saturated rings. The number of aromatic carboxylic acids is 1. The van der Waals surface area contributed by atoms with Crippen LogP contribution in [0.2, 0.25) is 0 Å². The molecule has 2 aromatic heterocycles.